The van der Waals surface area contributed by atoms with Crippen molar-refractivity contribution in [2.24, 2.45) is 0 Å². The molecule has 0 spiro atoms. The molecule has 0 saturated carbocycles. The summed E-state index contributed by atoms with van der Waals surface area (Å²) in [6.07, 6.45) is 0. The Morgan fingerprint density at radius 1 is 1.25 bits per heavy atom. The second-order valence-corrected chi connectivity index (χ2v) is 4.40. The molecule has 1 N–H and O–H groups in total. The smallest absolute Gasteiger partial charge is 0.137 e. The average molecular weight is 243 g/mol. The maximum atomic E-state index is 5.89. The third-order valence-corrected chi connectivity index (χ3v) is 3.09. The van der Waals surface area contributed by atoms with Gasteiger partial charge in [-0.3, -0.25) is 0 Å². The summed E-state index contributed by atoms with van der Waals surface area (Å²) in [5, 5.41) is 0.763. The minimum absolute atomic E-state index is 0.763. The molecule has 2 nitrogen and oxygen atoms in total. The minimum atomic E-state index is 0.763. The molecule has 1 aromatic rings. The van der Waals surface area contributed by atoms with Crippen molar-refractivity contribution in [1.29, 1.82) is 0 Å². The third-order valence-electron chi connectivity index (χ3n) is 2.85. The van der Waals surface area contributed by atoms with Crippen molar-refractivity contribution >= 4 is 11.6 Å². The highest BCUT2D eigenvalue weighted by Crippen LogP contribution is 2.21. The molecule has 0 aromatic heterocycles. The molecule has 0 heterocycles. The van der Waals surface area contributed by atoms with Gasteiger partial charge in [-0.2, -0.15) is 0 Å². The molecule has 1 aromatic carbocycles. The number of nitrogens with one attached hydrogen (secondary N) is 1. The monoisotopic (exact) mass is 242 g/mol. The Balaban J connectivity index is 2.42. The number of halogens is 1. The fraction of sp³-hybridized carbons (Fsp3) is 0.538. The summed E-state index contributed by atoms with van der Waals surface area (Å²) in [7, 11) is 0. The minimum Gasteiger partial charge on any atom is -0.487 e. The predicted octanol–water partition coefficient (Wildman–Crippen LogP) is 1.95. The van der Waals surface area contributed by atoms with Crippen LogP contribution in [0.5, 0.6) is 5.75 Å². The van der Waals surface area contributed by atoms with Crippen LogP contribution in [0.3, 0.4) is 0 Å². The van der Waals surface area contributed by atoms with E-state index >= 15 is 0 Å². The predicted molar refractivity (Wildman–Crippen MR) is 68.6 cm³/mol. The van der Waals surface area contributed by atoms with Gasteiger partial charge in [0.25, 0.3) is 0 Å². The molecule has 16 heavy (non-hydrogen) atoms. The van der Waals surface area contributed by atoms with Crippen molar-refractivity contribution in [3.05, 3.63) is 28.8 Å². The van der Waals surface area contributed by atoms with Crippen molar-refractivity contribution in [2.75, 3.05) is 26.2 Å². The van der Waals surface area contributed by atoms with Crippen LogP contribution in [-0.4, -0.2) is 26.2 Å². The first-order valence-corrected chi connectivity index (χ1v) is 6.27. The van der Waals surface area contributed by atoms with Gasteiger partial charge in [0.15, 0.2) is 0 Å². The lowest BCUT2D eigenvalue weighted by Gasteiger charge is -2.16. The van der Waals surface area contributed by atoms with Gasteiger partial charge in [0.2, 0.25) is 0 Å². The van der Waals surface area contributed by atoms with E-state index in [1.165, 1.54) is 0 Å². The van der Waals surface area contributed by atoms with Gasteiger partial charge in [-0.1, -0.05) is 11.6 Å². The van der Waals surface area contributed by atoms with Gasteiger partial charge in [-0.25, -0.2) is 0 Å². The van der Waals surface area contributed by atoms with Crippen molar-refractivity contribution in [2.45, 2.75) is 20.8 Å². The largest absolute Gasteiger partial charge is 0.487 e. The summed E-state index contributed by atoms with van der Waals surface area (Å²) < 4.78 is 5.75. The fourth-order valence-corrected chi connectivity index (χ4v) is 1.91. The van der Waals surface area contributed by atoms with E-state index in [0.717, 1.165) is 42.6 Å². The zero-order valence-electron chi connectivity index (χ0n) is 10.3. The molecule has 90 valence electrons. The number of hydrogen-bond acceptors (Lipinski definition) is 1. The molecule has 0 radical (unpaired) electrons. The number of ether oxygens (including phenoxy) is 1. The van der Waals surface area contributed by atoms with E-state index in [9.17, 15) is 0 Å². The first-order chi connectivity index (χ1) is 7.67. The van der Waals surface area contributed by atoms with Crippen LogP contribution in [0.2, 0.25) is 5.02 Å². The van der Waals surface area contributed by atoms with Crippen LogP contribution in [-0.2, 0) is 0 Å². The van der Waals surface area contributed by atoms with Crippen LogP contribution < -0.4 is 9.64 Å². The van der Waals surface area contributed by atoms with Crippen LogP contribution >= 0.6 is 11.6 Å². The summed E-state index contributed by atoms with van der Waals surface area (Å²) in [5.74, 6) is 0.941. The van der Waals surface area contributed by atoms with E-state index in [4.69, 9.17) is 16.3 Å². The molecule has 1 rings (SSSR count). The number of aryl methyl sites for hydroxylation is 1. The van der Waals surface area contributed by atoms with E-state index in [1.807, 2.05) is 25.1 Å². The van der Waals surface area contributed by atoms with E-state index in [0.29, 0.717) is 0 Å². The summed E-state index contributed by atoms with van der Waals surface area (Å²) in [6.45, 7) is 10.5. The van der Waals surface area contributed by atoms with Gasteiger partial charge in [0, 0.05) is 5.02 Å². The second-order valence-electron chi connectivity index (χ2n) is 3.97. The summed E-state index contributed by atoms with van der Waals surface area (Å²) in [6, 6.07) is 5.74. The first kappa shape index (κ1) is 13.3. The third kappa shape index (κ3) is 4.03. The van der Waals surface area contributed by atoms with Gasteiger partial charge >= 0.3 is 0 Å². The normalized spacial score (nSPS) is 10.8. The van der Waals surface area contributed by atoms with Gasteiger partial charge in [0.1, 0.15) is 18.9 Å². The Labute approximate surface area is 103 Å². The zero-order chi connectivity index (χ0) is 12.0. The van der Waals surface area contributed by atoms with Gasteiger partial charge in [-0.05, 0) is 44.5 Å². The average Bonchev–Trinajstić information content (AvgIpc) is 2.27. The Bertz CT molecular complexity index is 324. The lowest BCUT2D eigenvalue weighted by atomic mass is 10.2. The SMILES string of the molecule is CC[NH+](CC)CCOc1ccc(Cl)cc1C. The lowest BCUT2D eigenvalue weighted by molar-refractivity contribution is -0.896. The van der Waals surface area contributed by atoms with E-state index < -0.39 is 0 Å². The molecule has 0 aliphatic heterocycles. The molecule has 3 heteroatoms. The lowest BCUT2D eigenvalue weighted by Crippen LogP contribution is -3.12. The molecule has 0 atom stereocenters. The molecule has 0 unspecified atom stereocenters. The molecule has 0 amide bonds. The summed E-state index contributed by atoms with van der Waals surface area (Å²) in [5.41, 5.74) is 1.10. The van der Waals surface area contributed by atoms with E-state index in [2.05, 4.69) is 13.8 Å². The van der Waals surface area contributed by atoms with Crippen molar-refractivity contribution in [1.82, 2.24) is 0 Å². The maximum absolute atomic E-state index is 5.89. The molecule has 0 aliphatic rings. The van der Waals surface area contributed by atoms with Crippen LogP contribution in [0.15, 0.2) is 18.2 Å². The molecular formula is C13H21ClNO+. The molecule has 0 aliphatic carbocycles. The first-order valence-electron chi connectivity index (χ1n) is 5.89. The standard InChI is InChI=1S/C13H20ClNO/c1-4-15(5-2)8-9-16-13-7-6-12(14)10-11(13)3/h6-7,10H,4-5,8-9H2,1-3H3/p+1. The number of benzene rings is 1. The molecule has 0 fully saturated rings. The highest BCUT2D eigenvalue weighted by atomic mass is 35.5. The topological polar surface area (TPSA) is 13.7 Å². The van der Waals surface area contributed by atoms with Crippen LogP contribution in [0.1, 0.15) is 19.4 Å². The summed E-state index contributed by atoms with van der Waals surface area (Å²) >= 11 is 5.89. The Hall–Kier alpha value is -0.730. The zero-order valence-corrected chi connectivity index (χ0v) is 11.1. The van der Waals surface area contributed by atoms with Crippen molar-refractivity contribution < 1.29 is 9.64 Å². The number of rotatable bonds is 6. The second kappa shape index (κ2) is 6.77. The Kier molecular flexibility index (Phi) is 5.64. The highest BCUT2D eigenvalue weighted by molar-refractivity contribution is 6.30. The fourth-order valence-electron chi connectivity index (χ4n) is 1.68. The molecule has 0 bridgehead atoms. The van der Waals surface area contributed by atoms with Crippen LogP contribution in [0.25, 0.3) is 0 Å². The Morgan fingerprint density at radius 2 is 1.94 bits per heavy atom. The quantitative estimate of drug-likeness (QED) is 0.805. The maximum Gasteiger partial charge on any atom is 0.137 e. The highest BCUT2D eigenvalue weighted by Gasteiger charge is 2.04. The van der Waals surface area contributed by atoms with Gasteiger partial charge < -0.3 is 9.64 Å². The van der Waals surface area contributed by atoms with Crippen molar-refractivity contribution in [3.63, 3.8) is 0 Å². The number of hydrogen-bond donors (Lipinski definition) is 1. The van der Waals surface area contributed by atoms with Crippen LogP contribution in [0.4, 0.5) is 0 Å². The number of likely N-dealkylation sites (N-methyl/N-ethyl adjacent to an activating group) is 1. The van der Waals surface area contributed by atoms with E-state index in [1.54, 1.807) is 4.90 Å². The molecule has 0 saturated heterocycles. The van der Waals surface area contributed by atoms with Gasteiger partial charge in [-0.15, -0.1) is 0 Å². The molecular weight excluding hydrogens is 222 g/mol. The van der Waals surface area contributed by atoms with Crippen LogP contribution in [0, 0.1) is 6.92 Å². The van der Waals surface area contributed by atoms with Gasteiger partial charge in [0.05, 0.1) is 13.1 Å². The summed E-state index contributed by atoms with van der Waals surface area (Å²) in [4.78, 5) is 1.56. The Morgan fingerprint density at radius 3 is 2.50 bits per heavy atom. The van der Waals surface area contributed by atoms with Crippen molar-refractivity contribution in [3.8, 4) is 5.75 Å². The van der Waals surface area contributed by atoms with E-state index in [-0.39, 0.29) is 0 Å². The number of quaternary nitrogens is 1.